The highest BCUT2D eigenvalue weighted by Crippen LogP contribution is 2.25. The number of furan rings is 1. The lowest BCUT2D eigenvalue weighted by Crippen LogP contribution is -2.41. The zero-order valence-electron chi connectivity index (χ0n) is 12.1. The Morgan fingerprint density at radius 3 is 2.45 bits per heavy atom. The maximum atomic E-state index is 12.4. The molecule has 0 amide bonds. The largest absolute Gasteiger partial charge is 0.469 e. The molecular weight excluding hydrogens is 370 g/mol. The first-order valence-corrected chi connectivity index (χ1v) is 9.17. The monoisotopic (exact) mass is 387 g/mol. The van der Waals surface area contributed by atoms with E-state index in [1.807, 2.05) is 6.92 Å². The Balaban J connectivity index is 2.23. The number of sulfonamides is 1. The van der Waals surface area contributed by atoms with E-state index in [1.54, 1.807) is 24.3 Å². The fourth-order valence-corrected chi connectivity index (χ4v) is 3.85. The topological polar surface area (TPSA) is 79.5 Å². The number of halogens is 1. The van der Waals surface area contributed by atoms with Crippen LogP contribution in [0.25, 0.3) is 0 Å². The summed E-state index contributed by atoms with van der Waals surface area (Å²) in [6, 6.07) is 9.22. The van der Waals surface area contributed by atoms with Gasteiger partial charge in [-0.15, -0.1) is 0 Å². The quantitative estimate of drug-likeness (QED) is 0.765. The highest BCUT2D eigenvalue weighted by molar-refractivity contribution is 9.10. The van der Waals surface area contributed by atoms with Gasteiger partial charge in [-0.2, -0.15) is 0 Å². The molecule has 0 aliphatic carbocycles. The van der Waals surface area contributed by atoms with Gasteiger partial charge in [-0.05, 0) is 42.8 Å². The number of hydrogen-bond donors (Lipinski definition) is 2. The summed E-state index contributed by atoms with van der Waals surface area (Å²) in [7, 11) is -3.71. The second-order valence-corrected chi connectivity index (χ2v) is 7.52. The molecule has 0 saturated carbocycles. The standard InChI is InChI=1S/C15H18BrNO4S/c1-2-13(15-4-3-9-21-15)14(10-18)17-22(19,20)12-7-5-11(16)6-8-12/h3-9,13-14,17-18H,2,10H2,1H3/t13-,14+/m0/s1. The third kappa shape index (κ3) is 3.98. The minimum atomic E-state index is -3.71. The Hall–Kier alpha value is -1.15. The lowest BCUT2D eigenvalue weighted by atomic mass is 9.95. The summed E-state index contributed by atoms with van der Waals surface area (Å²) in [6.45, 7) is 1.61. The molecule has 2 rings (SSSR count). The normalized spacial score (nSPS) is 14.7. The SMILES string of the molecule is CC[C@H](c1ccco1)[C@@H](CO)NS(=O)(=O)c1ccc(Br)cc1. The van der Waals surface area contributed by atoms with Crippen LogP contribution in [0.15, 0.2) is 56.4 Å². The molecule has 0 aliphatic rings. The smallest absolute Gasteiger partial charge is 0.240 e. The summed E-state index contributed by atoms with van der Waals surface area (Å²) >= 11 is 3.27. The molecule has 0 radical (unpaired) electrons. The van der Waals surface area contributed by atoms with Crippen molar-refractivity contribution >= 4 is 26.0 Å². The van der Waals surface area contributed by atoms with E-state index in [1.165, 1.54) is 18.4 Å². The summed E-state index contributed by atoms with van der Waals surface area (Å²) in [5.41, 5.74) is 0. The predicted molar refractivity (Wildman–Crippen MR) is 87.1 cm³/mol. The van der Waals surface area contributed by atoms with E-state index in [4.69, 9.17) is 4.42 Å². The minimum Gasteiger partial charge on any atom is -0.469 e. The van der Waals surface area contributed by atoms with E-state index < -0.39 is 16.1 Å². The van der Waals surface area contributed by atoms with Crippen molar-refractivity contribution in [3.63, 3.8) is 0 Å². The second kappa shape index (κ2) is 7.41. The van der Waals surface area contributed by atoms with E-state index in [-0.39, 0.29) is 17.4 Å². The van der Waals surface area contributed by atoms with Gasteiger partial charge in [-0.3, -0.25) is 0 Å². The van der Waals surface area contributed by atoms with Crippen LogP contribution in [-0.4, -0.2) is 26.2 Å². The highest BCUT2D eigenvalue weighted by atomic mass is 79.9. The Kier molecular flexibility index (Phi) is 5.80. The van der Waals surface area contributed by atoms with Crippen molar-refractivity contribution < 1.29 is 17.9 Å². The minimum absolute atomic E-state index is 0.156. The van der Waals surface area contributed by atoms with Gasteiger partial charge < -0.3 is 9.52 Å². The molecule has 2 aromatic rings. The molecule has 0 unspecified atom stereocenters. The first kappa shape index (κ1) is 17.2. The molecule has 0 spiro atoms. The molecular formula is C15H18BrNO4S. The van der Waals surface area contributed by atoms with E-state index >= 15 is 0 Å². The van der Waals surface area contributed by atoms with Gasteiger partial charge in [0.25, 0.3) is 0 Å². The average Bonchev–Trinajstić information content (AvgIpc) is 3.01. The molecule has 0 bridgehead atoms. The molecule has 120 valence electrons. The van der Waals surface area contributed by atoms with Gasteiger partial charge in [0.15, 0.2) is 0 Å². The van der Waals surface area contributed by atoms with Crippen LogP contribution in [-0.2, 0) is 10.0 Å². The summed E-state index contributed by atoms with van der Waals surface area (Å²) in [5.74, 6) is 0.422. The molecule has 22 heavy (non-hydrogen) atoms. The number of aliphatic hydroxyl groups is 1. The van der Waals surface area contributed by atoms with Crippen molar-refractivity contribution in [2.24, 2.45) is 0 Å². The fourth-order valence-electron chi connectivity index (χ4n) is 2.31. The van der Waals surface area contributed by atoms with Gasteiger partial charge in [0, 0.05) is 10.4 Å². The van der Waals surface area contributed by atoms with Crippen LogP contribution in [0.4, 0.5) is 0 Å². The second-order valence-electron chi connectivity index (χ2n) is 4.89. The molecule has 2 atom stereocenters. The predicted octanol–water partition coefficient (Wildman–Crippen LogP) is 2.88. The van der Waals surface area contributed by atoms with Crippen LogP contribution in [0.2, 0.25) is 0 Å². The van der Waals surface area contributed by atoms with Crippen molar-refractivity contribution in [3.05, 3.63) is 52.9 Å². The maximum absolute atomic E-state index is 12.4. The summed E-state index contributed by atoms with van der Waals surface area (Å²) in [6.07, 6.45) is 2.18. The lowest BCUT2D eigenvalue weighted by Gasteiger charge is -2.23. The van der Waals surface area contributed by atoms with Gasteiger partial charge in [0.2, 0.25) is 10.0 Å². The van der Waals surface area contributed by atoms with Crippen LogP contribution in [0.1, 0.15) is 25.0 Å². The average molecular weight is 388 g/mol. The number of nitrogens with one attached hydrogen (secondary N) is 1. The van der Waals surface area contributed by atoms with Gasteiger partial charge in [-0.25, -0.2) is 13.1 Å². The van der Waals surface area contributed by atoms with Crippen molar-refractivity contribution in [3.8, 4) is 0 Å². The van der Waals surface area contributed by atoms with E-state index in [0.717, 1.165) is 4.47 Å². The van der Waals surface area contributed by atoms with Crippen LogP contribution in [0.3, 0.4) is 0 Å². The zero-order chi connectivity index (χ0) is 16.2. The van der Waals surface area contributed by atoms with Crippen LogP contribution < -0.4 is 4.72 Å². The molecule has 2 N–H and O–H groups in total. The van der Waals surface area contributed by atoms with Gasteiger partial charge in [0.1, 0.15) is 5.76 Å². The van der Waals surface area contributed by atoms with E-state index in [9.17, 15) is 13.5 Å². The van der Waals surface area contributed by atoms with Gasteiger partial charge in [0.05, 0.1) is 23.8 Å². The fraction of sp³-hybridized carbons (Fsp3) is 0.333. The van der Waals surface area contributed by atoms with Crippen LogP contribution in [0.5, 0.6) is 0 Å². The number of benzene rings is 1. The first-order chi connectivity index (χ1) is 10.5. The first-order valence-electron chi connectivity index (χ1n) is 6.90. The Morgan fingerprint density at radius 1 is 1.27 bits per heavy atom. The third-order valence-corrected chi connectivity index (χ3v) is 5.50. The third-order valence-electron chi connectivity index (χ3n) is 3.46. The summed E-state index contributed by atoms with van der Waals surface area (Å²) in [4.78, 5) is 0.156. The zero-order valence-corrected chi connectivity index (χ0v) is 14.5. The molecule has 1 heterocycles. The number of hydrogen-bond acceptors (Lipinski definition) is 4. The molecule has 1 aromatic heterocycles. The molecule has 0 aliphatic heterocycles. The van der Waals surface area contributed by atoms with Crippen LogP contribution >= 0.6 is 15.9 Å². The van der Waals surface area contributed by atoms with Crippen molar-refractivity contribution in [1.29, 1.82) is 0 Å². The lowest BCUT2D eigenvalue weighted by molar-refractivity contribution is 0.227. The van der Waals surface area contributed by atoms with E-state index in [2.05, 4.69) is 20.7 Å². The van der Waals surface area contributed by atoms with E-state index in [0.29, 0.717) is 12.2 Å². The van der Waals surface area contributed by atoms with Gasteiger partial charge in [-0.1, -0.05) is 22.9 Å². The summed E-state index contributed by atoms with van der Waals surface area (Å²) < 4.78 is 33.6. The Bertz CT molecular complexity index is 683. The van der Waals surface area contributed by atoms with Crippen molar-refractivity contribution in [1.82, 2.24) is 4.72 Å². The highest BCUT2D eigenvalue weighted by Gasteiger charge is 2.28. The Morgan fingerprint density at radius 2 is 1.95 bits per heavy atom. The molecule has 0 fully saturated rings. The maximum Gasteiger partial charge on any atom is 0.240 e. The number of aliphatic hydroxyl groups excluding tert-OH is 1. The van der Waals surface area contributed by atoms with Gasteiger partial charge >= 0.3 is 0 Å². The molecule has 7 heteroatoms. The molecule has 1 aromatic carbocycles. The molecule has 5 nitrogen and oxygen atoms in total. The van der Waals surface area contributed by atoms with Crippen molar-refractivity contribution in [2.45, 2.75) is 30.2 Å². The Labute approximate surface area is 138 Å². The van der Waals surface area contributed by atoms with Crippen LogP contribution in [0, 0.1) is 0 Å². The van der Waals surface area contributed by atoms with Crippen molar-refractivity contribution in [2.75, 3.05) is 6.61 Å². The molecule has 0 saturated heterocycles. The summed E-state index contributed by atoms with van der Waals surface area (Å²) in [5, 5.41) is 9.60. The number of rotatable bonds is 7.